The monoisotopic (exact) mass is 457 g/mol. The Labute approximate surface area is 185 Å². The fraction of sp³-hybridized carbons (Fsp3) is 0.304. The van der Waals surface area contributed by atoms with Crippen molar-refractivity contribution < 1.29 is 31.9 Å². The number of esters is 1. The summed E-state index contributed by atoms with van der Waals surface area (Å²) in [4.78, 5) is 26.5. The Kier molecular flexibility index (Phi) is 6.18. The third kappa shape index (κ3) is 4.77. The van der Waals surface area contributed by atoms with E-state index in [9.17, 15) is 18.0 Å². The number of hydrogen-bond acceptors (Lipinski definition) is 7. The van der Waals surface area contributed by atoms with Gasteiger partial charge in [-0.2, -0.15) is 0 Å². The van der Waals surface area contributed by atoms with Gasteiger partial charge >= 0.3 is 5.97 Å². The molecule has 0 aliphatic carbocycles. The molecule has 0 saturated carbocycles. The number of hydrogen-bond donors (Lipinski definition) is 0. The SMILES string of the molecule is CN(C(=O)COC(=O)c1oc2ccccc2c1COc1ccccc1)C1CCS(=O)(=O)C1. The lowest BCUT2D eigenvalue weighted by Crippen LogP contribution is -2.40. The van der Waals surface area contributed by atoms with Crippen molar-refractivity contribution in [3.8, 4) is 5.75 Å². The summed E-state index contributed by atoms with van der Waals surface area (Å²) in [6.07, 6.45) is 0.378. The number of furan rings is 1. The second kappa shape index (κ2) is 9.04. The van der Waals surface area contributed by atoms with Crippen LogP contribution in [-0.2, 0) is 26.0 Å². The van der Waals surface area contributed by atoms with Gasteiger partial charge in [-0.1, -0.05) is 36.4 Å². The second-order valence-electron chi connectivity index (χ2n) is 7.65. The Bertz CT molecular complexity index is 1230. The van der Waals surface area contributed by atoms with Crippen LogP contribution < -0.4 is 4.74 Å². The number of rotatable bonds is 7. The minimum Gasteiger partial charge on any atom is -0.489 e. The zero-order valence-electron chi connectivity index (χ0n) is 17.5. The van der Waals surface area contributed by atoms with Gasteiger partial charge in [-0.3, -0.25) is 4.79 Å². The van der Waals surface area contributed by atoms with Crippen molar-refractivity contribution in [1.82, 2.24) is 4.90 Å². The van der Waals surface area contributed by atoms with Gasteiger partial charge in [-0.05, 0) is 24.6 Å². The van der Waals surface area contributed by atoms with Crippen molar-refractivity contribution >= 4 is 32.7 Å². The quantitative estimate of drug-likeness (QED) is 0.503. The molecule has 32 heavy (non-hydrogen) atoms. The van der Waals surface area contributed by atoms with Gasteiger partial charge in [0, 0.05) is 18.5 Å². The predicted octanol–water partition coefficient (Wildman–Crippen LogP) is 2.81. The van der Waals surface area contributed by atoms with Crippen LogP contribution >= 0.6 is 0 Å². The maximum atomic E-state index is 12.8. The van der Waals surface area contributed by atoms with Crippen LogP contribution in [0.5, 0.6) is 5.75 Å². The molecule has 1 atom stereocenters. The molecular weight excluding hydrogens is 434 g/mol. The van der Waals surface area contributed by atoms with E-state index in [0.29, 0.717) is 23.3 Å². The number of carbonyl (C=O) groups excluding carboxylic acids is 2. The highest BCUT2D eigenvalue weighted by molar-refractivity contribution is 7.91. The first-order valence-corrected chi connectivity index (χ1v) is 12.0. The summed E-state index contributed by atoms with van der Waals surface area (Å²) in [6, 6.07) is 15.9. The van der Waals surface area contributed by atoms with Crippen LogP contribution in [0.2, 0.25) is 0 Å². The summed E-state index contributed by atoms with van der Waals surface area (Å²) in [5.74, 6) is -0.666. The first kappa shape index (κ1) is 21.9. The molecule has 168 valence electrons. The molecule has 3 aromatic rings. The molecule has 2 aromatic carbocycles. The highest BCUT2D eigenvalue weighted by Gasteiger charge is 2.33. The molecule has 1 aliphatic rings. The molecule has 1 aromatic heterocycles. The second-order valence-corrected chi connectivity index (χ2v) is 9.87. The van der Waals surface area contributed by atoms with Gasteiger partial charge in [-0.25, -0.2) is 13.2 Å². The molecule has 0 bridgehead atoms. The van der Waals surface area contributed by atoms with Crippen LogP contribution in [0.4, 0.5) is 0 Å². The lowest BCUT2D eigenvalue weighted by atomic mass is 10.1. The molecule has 0 spiro atoms. The summed E-state index contributed by atoms with van der Waals surface area (Å²) >= 11 is 0. The largest absolute Gasteiger partial charge is 0.489 e. The number of amides is 1. The number of ether oxygens (including phenoxy) is 2. The minimum absolute atomic E-state index is 0.0268. The Hall–Kier alpha value is -3.33. The molecule has 0 N–H and O–H groups in total. The average molecular weight is 458 g/mol. The number of carbonyl (C=O) groups is 2. The van der Waals surface area contributed by atoms with Gasteiger partial charge < -0.3 is 18.8 Å². The molecule has 1 aliphatic heterocycles. The molecule has 0 radical (unpaired) electrons. The summed E-state index contributed by atoms with van der Waals surface area (Å²) in [5.41, 5.74) is 1.03. The van der Waals surface area contributed by atoms with E-state index in [-0.39, 0.29) is 23.9 Å². The van der Waals surface area contributed by atoms with E-state index in [1.807, 2.05) is 30.3 Å². The van der Waals surface area contributed by atoms with Crippen molar-refractivity contribution in [2.45, 2.75) is 19.1 Å². The number of nitrogens with zero attached hydrogens (tertiary/aromatic N) is 1. The molecule has 9 heteroatoms. The van der Waals surface area contributed by atoms with Crippen LogP contribution in [0.25, 0.3) is 11.0 Å². The van der Waals surface area contributed by atoms with E-state index in [0.717, 1.165) is 5.39 Å². The molecule has 1 fully saturated rings. The molecule has 4 rings (SSSR count). The highest BCUT2D eigenvalue weighted by atomic mass is 32.2. The number of fused-ring (bicyclic) bond motifs is 1. The topological polar surface area (TPSA) is 103 Å². The molecule has 1 amide bonds. The zero-order valence-corrected chi connectivity index (χ0v) is 18.3. The molecular formula is C23H23NO7S. The maximum Gasteiger partial charge on any atom is 0.375 e. The molecule has 8 nitrogen and oxygen atoms in total. The van der Waals surface area contributed by atoms with Gasteiger partial charge in [-0.15, -0.1) is 0 Å². The average Bonchev–Trinajstić information content (AvgIpc) is 3.35. The number of benzene rings is 2. The van der Waals surface area contributed by atoms with Crippen molar-refractivity contribution in [3.05, 3.63) is 65.9 Å². The summed E-state index contributed by atoms with van der Waals surface area (Å²) in [6.45, 7) is -0.429. The standard InChI is InChI=1S/C23H23NO7S/c1-24(16-11-12-32(27,28)15-16)21(25)14-30-23(26)22-19(13-29-17-7-3-2-4-8-17)18-9-5-6-10-20(18)31-22/h2-10,16H,11-15H2,1H3. The molecule has 2 heterocycles. The van der Waals surface area contributed by atoms with Crippen LogP contribution in [0.15, 0.2) is 59.0 Å². The lowest BCUT2D eigenvalue weighted by molar-refractivity contribution is -0.134. The highest BCUT2D eigenvalue weighted by Crippen LogP contribution is 2.28. The zero-order chi connectivity index (χ0) is 22.7. The van der Waals surface area contributed by atoms with Gasteiger partial charge in [0.1, 0.15) is 17.9 Å². The summed E-state index contributed by atoms with van der Waals surface area (Å²) < 4.78 is 40.0. The smallest absolute Gasteiger partial charge is 0.375 e. The third-order valence-electron chi connectivity index (χ3n) is 5.49. The lowest BCUT2D eigenvalue weighted by Gasteiger charge is -2.23. The summed E-state index contributed by atoms with van der Waals surface area (Å²) in [5, 5.41) is 0.718. The van der Waals surface area contributed by atoms with Gasteiger partial charge in [0.2, 0.25) is 5.76 Å². The van der Waals surface area contributed by atoms with Crippen LogP contribution in [0.3, 0.4) is 0 Å². The normalized spacial score (nSPS) is 17.2. The number of para-hydroxylation sites is 2. The predicted molar refractivity (Wildman–Crippen MR) is 117 cm³/mol. The number of sulfone groups is 1. The van der Waals surface area contributed by atoms with Crippen molar-refractivity contribution in [3.63, 3.8) is 0 Å². The Morgan fingerprint density at radius 1 is 1.09 bits per heavy atom. The minimum atomic E-state index is -3.13. The number of likely N-dealkylation sites (N-methyl/N-ethyl adjacent to an activating group) is 1. The third-order valence-corrected chi connectivity index (χ3v) is 7.24. The van der Waals surface area contributed by atoms with E-state index >= 15 is 0 Å². The summed E-state index contributed by atoms with van der Waals surface area (Å²) in [7, 11) is -1.61. The van der Waals surface area contributed by atoms with Crippen molar-refractivity contribution in [2.24, 2.45) is 0 Å². The van der Waals surface area contributed by atoms with E-state index < -0.39 is 34.4 Å². The van der Waals surface area contributed by atoms with Crippen LogP contribution in [-0.4, -0.2) is 56.4 Å². The van der Waals surface area contributed by atoms with Crippen LogP contribution in [0.1, 0.15) is 22.5 Å². The maximum absolute atomic E-state index is 12.8. The Morgan fingerprint density at radius 3 is 2.53 bits per heavy atom. The molecule has 1 saturated heterocycles. The van der Waals surface area contributed by atoms with Crippen molar-refractivity contribution in [1.29, 1.82) is 0 Å². The fourth-order valence-corrected chi connectivity index (χ4v) is 5.43. The van der Waals surface area contributed by atoms with Crippen molar-refractivity contribution in [2.75, 3.05) is 25.2 Å². The van der Waals surface area contributed by atoms with E-state index in [4.69, 9.17) is 13.9 Å². The van der Waals surface area contributed by atoms with E-state index in [1.165, 1.54) is 11.9 Å². The molecule has 1 unspecified atom stereocenters. The first-order valence-electron chi connectivity index (χ1n) is 10.2. The van der Waals surface area contributed by atoms with E-state index in [2.05, 4.69) is 0 Å². The van der Waals surface area contributed by atoms with Gasteiger partial charge in [0.15, 0.2) is 16.4 Å². The van der Waals surface area contributed by atoms with Crippen LogP contribution in [0, 0.1) is 0 Å². The fourth-order valence-electron chi connectivity index (χ4n) is 3.66. The van der Waals surface area contributed by atoms with Gasteiger partial charge in [0.25, 0.3) is 5.91 Å². The van der Waals surface area contributed by atoms with E-state index in [1.54, 1.807) is 24.3 Å². The van der Waals surface area contributed by atoms with Gasteiger partial charge in [0.05, 0.1) is 17.1 Å². The first-order chi connectivity index (χ1) is 15.3. The Balaban J connectivity index is 1.46. The Morgan fingerprint density at radius 2 is 1.81 bits per heavy atom.